The van der Waals surface area contributed by atoms with Gasteiger partial charge in [0.2, 0.25) is 5.95 Å². The number of likely N-dealkylation sites (tertiary alicyclic amines) is 1. The molecule has 0 spiro atoms. The minimum absolute atomic E-state index is 0.453. The van der Waals surface area contributed by atoms with Crippen LogP contribution < -0.4 is 14.5 Å². The highest BCUT2D eigenvalue weighted by Crippen LogP contribution is 2.23. The third-order valence-corrected chi connectivity index (χ3v) is 5.88. The summed E-state index contributed by atoms with van der Waals surface area (Å²) in [4.78, 5) is 16.4. The van der Waals surface area contributed by atoms with Gasteiger partial charge in [-0.25, -0.2) is 4.98 Å². The molecule has 2 saturated heterocycles. The van der Waals surface area contributed by atoms with E-state index in [2.05, 4.69) is 38.9 Å². The molecule has 4 rings (SSSR count). The summed E-state index contributed by atoms with van der Waals surface area (Å²) in [5, 5.41) is 0. The van der Waals surface area contributed by atoms with Crippen LogP contribution in [0.15, 0.2) is 36.5 Å². The van der Waals surface area contributed by atoms with E-state index in [1.165, 1.54) is 18.4 Å². The molecule has 2 aromatic rings. The molecule has 0 N–H and O–H groups in total. The molecule has 0 aliphatic carbocycles. The van der Waals surface area contributed by atoms with Gasteiger partial charge >= 0.3 is 0 Å². The Morgan fingerprint density at radius 3 is 2.69 bits per heavy atom. The number of hydrogen-bond donors (Lipinski definition) is 0. The van der Waals surface area contributed by atoms with E-state index in [4.69, 9.17) is 14.5 Å². The normalized spacial score (nSPS) is 20.5. The fourth-order valence-corrected chi connectivity index (χ4v) is 4.12. The number of anilines is 2. The van der Waals surface area contributed by atoms with E-state index >= 15 is 0 Å². The van der Waals surface area contributed by atoms with Crippen molar-refractivity contribution in [3.63, 3.8) is 0 Å². The van der Waals surface area contributed by atoms with Crippen LogP contribution in [0, 0.1) is 0 Å². The number of likely N-dealkylation sites (N-methyl/N-ethyl adjacent to an activating group) is 1. The van der Waals surface area contributed by atoms with Gasteiger partial charge in [0.25, 0.3) is 0 Å². The van der Waals surface area contributed by atoms with E-state index in [0.29, 0.717) is 6.04 Å². The van der Waals surface area contributed by atoms with Gasteiger partial charge in [-0.2, -0.15) is 4.98 Å². The smallest absolute Gasteiger partial charge is 0.227 e. The molecule has 7 nitrogen and oxygen atoms in total. The van der Waals surface area contributed by atoms with Crippen molar-refractivity contribution in [3.05, 3.63) is 42.1 Å². The molecule has 2 aliphatic rings. The van der Waals surface area contributed by atoms with Crippen LogP contribution in [0.4, 0.5) is 11.8 Å². The number of methoxy groups -OCH3 is 1. The van der Waals surface area contributed by atoms with E-state index in [1.54, 1.807) is 7.11 Å². The third kappa shape index (κ3) is 4.97. The van der Waals surface area contributed by atoms with Crippen molar-refractivity contribution in [3.8, 4) is 5.75 Å². The Labute approximate surface area is 173 Å². The Morgan fingerprint density at radius 1 is 1.14 bits per heavy atom. The van der Waals surface area contributed by atoms with E-state index in [-0.39, 0.29) is 0 Å². The molecule has 3 heterocycles. The summed E-state index contributed by atoms with van der Waals surface area (Å²) in [6.07, 6.45) is 4.26. The largest absolute Gasteiger partial charge is 0.497 e. The van der Waals surface area contributed by atoms with Gasteiger partial charge in [0.05, 0.1) is 20.3 Å². The fraction of sp³-hybridized carbons (Fsp3) is 0.545. The molecule has 1 aromatic carbocycles. The first-order valence-electron chi connectivity index (χ1n) is 10.5. The minimum atomic E-state index is 0.453. The zero-order valence-electron chi connectivity index (χ0n) is 17.5. The Kier molecular flexibility index (Phi) is 6.46. The molecule has 1 aromatic heterocycles. The molecule has 2 aliphatic heterocycles. The number of rotatable bonds is 6. The standard InChI is InChI=1S/C22H31N5O2/c1-25(21-9-10-23-22(24-21)27-12-14-29-15-13-27)19-4-3-11-26(17-19)16-18-5-7-20(28-2)8-6-18/h5-10,19H,3-4,11-17H2,1-2H3. The van der Waals surface area contributed by atoms with Crippen molar-refractivity contribution in [2.45, 2.75) is 25.4 Å². The van der Waals surface area contributed by atoms with Crippen LogP contribution in [-0.2, 0) is 11.3 Å². The van der Waals surface area contributed by atoms with Gasteiger partial charge in [0, 0.05) is 45.5 Å². The lowest BCUT2D eigenvalue weighted by atomic mass is 10.0. The second-order valence-electron chi connectivity index (χ2n) is 7.80. The lowest BCUT2D eigenvalue weighted by molar-refractivity contribution is 0.122. The van der Waals surface area contributed by atoms with Crippen molar-refractivity contribution in [2.24, 2.45) is 0 Å². The SMILES string of the molecule is COc1ccc(CN2CCCC(N(C)c3ccnc(N4CCOCC4)n3)C2)cc1. The van der Waals surface area contributed by atoms with Crippen molar-refractivity contribution in [1.82, 2.24) is 14.9 Å². The lowest BCUT2D eigenvalue weighted by Crippen LogP contribution is -2.46. The van der Waals surface area contributed by atoms with Crippen LogP contribution in [0.3, 0.4) is 0 Å². The monoisotopic (exact) mass is 397 g/mol. The van der Waals surface area contributed by atoms with Crippen LogP contribution in [0.1, 0.15) is 18.4 Å². The number of piperidine rings is 1. The molecule has 7 heteroatoms. The average Bonchev–Trinajstić information content (AvgIpc) is 2.80. The summed E-state index contributed by atoms with van der Waals surface area (Å²) < 4.78 is 10.7. The minimum Gasteiger partial charge on any atom is -0.497 e. The molecule has 2 fully saturated rings. The van der Waals surface area contributed by atoms with E-state index < -0.39 is 0 Å². The first-order chi connectivity index (χ1) is 14.2. The molecule has 156 valence electrons. The molecule has 0 saturated carbocycles. The van der Waals surface area contributed by atoms with Crippen LogP contribution in [-0.4, -0.2) is 74.5 Å². The van der Waals surface area contributed by atoms with E-state index in [9.17, 15) is 0 Å². The molecule has 0 radical (unpaired) electrons. The van der Waals surface area contributed by atoms with Gasteiger partial charge in [-0.1, -0.05) is 12.1 Å². The summed E-state index contributed by atoms with van der Waals surface area (Å²) in [5.41, 5.74) is 1.32. The van der Waals surface area contributed by atoms with Gasteiger partial charge in [0.1, 0.15) is 11.6 Å². The summed E-state index contributed by atoms with van der Waals surface area (Å²) in [7, 11) is 3.87. The van der Waals surface area contributed by atoms with Gasteiger partial charge in [-0.05, 0) is 43.1 Å². The average molecular weight is 398 g/mol. The second-order valence-corrected chi connectivity index (χ2v) is 7.80. The summed E-state index contributed by atoms with van der Waals surface area (Å²) in [5.74, 6) is 2.71. The predicted octanol–water partition coefficient (Wildman–Crippen LogP) is 2.42. The maximum atomic E-state index is 5.45. The van der Waals surface area contributed by atoms with Crippen LogP contribution in [0.25, 0.3) is 0 Å². The van der Waals surface area contributed by atoms with E-state index in [1.807, 2.05) is 24.4 Å². The van der Waals surface area contributed by atoms with Gasteiger partial charge in [0.15, 0.2) is 0 Å². The number of benzene rings is 1. The number of hydrogen-bond acceptors (Lipinski definition) is 7. The molecular weight excluding hydrogens is 366 g/mol. The number of aromatic nitrogens is 2. The first kappa shape index (κ1) is 19.9. The van der Waals surface area contributed by atoms with Gasteiger partial charge in [-0.3, -0.25) is 4.90 Å². The Balaban J connectivity index is 1.39. The Morgan fingerprint density at radius 2 is 1.93 bits per heavy atom. The Bertz CT molecular complexity index is 779. The zero-order chi connectivity index (χ0) is 20.1. The van der Waals surface area contributed by atoms with Crippen molar-refractivity contribution < 1.29 is 9.47 Å². The molecular formula is C22H31N5O2. The van der Waals surface area contributed by atoms with Crippen molar-refractivity contribution in [1.29, 1.82) is 0 Å². The van der Waals surface area contributed by atoms with E-state index in [0.717, 1.165) is 63.5 Å². The highest BCUT2D eigenvalue weighted by atomic mass is 16.5. The molecule has 0 bridgehead atoms. The molecule has 1 unspecified atom stereocenters. The van der Waals surface area contributed by atoms with Gasteiger partial charge < -0.3 is 19.3 Å². The van der Waals surface area contributed by atoms with Gasteiger partial charge in [-0.15, -0.1) is 0 Å². The van der Waals surface area contributed by atoms with Crippen LogP contribution in [0.5, 0.6) is 5.75 Å². The van der Waals surface area contributed by atoms with Crippen molar-refractivity contribution >= 4 is 11.8 Å². The summed E-state index contributed by atoms with van der Waals surface area (Å²) in [6.45, 7) is 6.34. The highest BCUT2D eigenvalue weighted by Gasteiger charge is 2.25. The van der Waals surface area contributed by atoms with Crippen molar-refractivity contribution in [2.75, 3.05) is 63.4 Å². The maximum absolute atomic E-state index is 5.45. The predicted molar refractivity (Wildman–Crippen MR) is 115 cm³/mol. The second kappa shape index (κ2) is 9.41. The highest BCUT2D eigenvalue weighted by molar-refractivity contribution is 5.44. The third-order valence-electron chi connectivity index (χ3n) is 5.88. The maximum Gasteiger partial charge on any atom is 0.227 e. The van der Waals surface area contributed by atoms with Crippen LogP contribution >= 0.6 is 0 Å². The molecule has 1 atom stereocenters. The topological polar surface area (TPSA) is 54.0 Å². The number of nitrogens with zero attached hydrogens (tertiary/aromatic N) is 5. The molecule has 29 heavy (non-hydrogen) atoms. The first-order valence-corrected chi connectivity index (χ1v) is 10.5. The van der Waals surface area contributed by atoms with Crippen LogP contribution in [0.2, 0.25) is 0 Å². The quantitative estimate of drug-likeness (QED) is 0.742. The summed E-state index contributed by atoms with van der Waals surface area (Å²) in [6, 6.07) is 10.9. The number of ether oxygens (including phenoxy) is 2. The molecule has 0 amide bonds. The lowest BCUT2D eigenvalue weighted by Gasteiger charge is -2.38. The number of morpholine rings is 1. The zero-order valence-corrected chi connectivity index (χ0v) is 17.5. The fourth-order valence-electron chi connectivity index (χ4n) is 4.12. The summed E-state index contributed by atoms with van der Waals surface area (Å²) >= 11 is 0. The Hall–Kier alpha value is -2.38.